The van der Waals surface area contributed by atoms with Crippen LogP contribution in [0.2, 0.25) is 0 Å². The number of rotatable bonds is 5. The van der Waals surface area contributed by atoms with Crippen LogP contribution in [-0.4, -0.2) is 19.9 Å². The van der Waals surface area contributed by atoms with Gasteiger partial charge in [-0.25, -0.2) is 35.6 Å². The monoisotopic (exact) mass is 2210 g/mol. The van der Waals surface area contributed by atoms with Gasteiger partial charge in [-0.3, -0.25) is 19.1 Å². The minimum Gasteiger partial charge on any atom is -0.304 e. The second-order valence-electron chi connectivity index (χ2n) is 21.8. The molecular weight excluding hydrogens is 2140 g/mol. The number of benzene rings is 8. The number of allylic oxidation sites excluding steroid dienone is 1. The Morgan fingerprint density at radius 2 is 1.06 bits per heavy atom. The predicted octanol–water partition coefficient (Wildman–Crippen LogP) is 21.7. The van der Waals surface area contributed by atoms with E-state index >= 15 is 0 Å². The molecule has 16 rings (SSSR count). The summed E-state index contributed by atoms with van der Waals surface area (Å²) in [5, 5.41) is 8.59. The van der Waals surface area contributed by atoms with Crippen molar-refractivity contribution in [2.75, 3.05) is 0 Å². The van der Waals surface area contributed by atoms with Crippen molar-refractivity contribution in [1.29, 1.82) is 0 Å². The Balaban J connectivity index is 0.000000274. The summed E-state index contributed by atoms with van der Waals surface area (Å²) >= 11 is 3.54. The van der Waals surface area contributed by atoms with E-state index in [9.17, 15) is 0 Å². The van der Waals surface area contributed by atoms with Gasteiger partial charge in [-0.1, -0.05) is 192 Å². The van der Waals surface area contributed by atoms with Crippen LogP contribution < -0.4 is 0 Å². The molecule has 93 heavy (non-hydrogen) atoms. The third-order valence-electron chi connectivity index (χ3n) is 15.9. The number of pyridine rings is 4. The Morgan fingerprint density at radius 3 is 1.70 bits per heavy atom. The molecule has 6 heterocycles. The number of aromatic nitrogens is 4. The zero-order valence-electron chi connectivity index (χ0n) is 50.6. The molecule has 17 heteroatoms. The number of thiophene rings is 1. The first-order valence-electron chi connectivity index (χ1n) is 28.3. The van der Waals surface area contributed by atoms with Gasteiger partial charge in [0.15, 0.2) is 0 Å². The average molecular weight is 2210 g/mol. The molecule has 3 atom stereocenters. The molecule has 0 amide bonds. The summed E-state index contributed by atoms with van der Waals surface area (Å²) in [6, 6.07) is 86.2. The topological polar surface area (TPSA) is 51.6 Å². The van der Waals surface area contributed by atoms with E-state index in [1.807, 2.05) is 103 Å². The van der Waals surface area contributed by atoms with Gasteiger partial charge >= 0.3 is 0 Å². The number of fused-ring (bicyclic) bond motifs is 9. The van der Waals surface area contributed by atoms with Crippen LogP contribution in [0, 0.1) is 24.6 Å². The minimum absolute atomic E-state index is 0. The van der Waals surface area contributed by atoms with E-state index < -0.39 is 0 Å². The van der Waals surface area contributed by atoms with Crippen LogP contribution in [0.25, 0.3) is 98.1 Å². The van der Waals surface area contributed by atoms with Gasteiger partial charge in [0, 0.05) is 148 Å². The van der Waals surface area contributed by atoms with Crippen molar-refractivity contribution in [2.24, 2.45) is 0 Å². The van der Waals surface area contributed by atoms with Crippen LogP contribution in [0.4, 0.5) is 14.1 Å². The van der Waals surface area contributed by atoms with E-state index in [4.69, 9.17) is 4.98 Å². The second-order valence-corrected chi connectivity index (χ2v) is 28.2. The van der Waals surface area contributed by atoms with Crippen LogP contribution in [0.5, 0.6) is 0 Å². The third kappa shape index (κ3) is 17.7. The normalized spacial score (nSPS) is 12.9. The molecular formula is C76H64F3Ir5N4P3S2-4. The summed E-state index contributed by atoms with van der Waals surface area (Å²) in [5.41, 5.74) is 19.4. The van der Waals surface area contributed by atoms with Crippen LogP contribution in [0.1, 0.15) is 60.9 Å². The Kier molecular flexibility index (Phi) is 32.1. The maximum absolute atomic E-state index is 4.89. The molecule has 5 aromatic heterocycles. The summed E-state index contributed by atoms with van der Waals surface area (Å²) in [4.78, 5) is 19.3. The van der Waals surface area contributed by atoms with Gasteiger partial charge in [0.25, 0.3) is 0 Å². The Labute approximate surface area is 626 Å². The van der Waals surface area contributed by atoms with Crippen molar-refractivity contribution in [1.82, 2.24) is 19.9 Å². The molecule has 0 bridgehead atoms. The predicted molar refractivity (Wildman–Crippen MR) is 380 cm³/mol. The fourth-order valence-corrected chi connectivity index (χ4v) is 13.5. The number of thioether (sulfide) groups is 1. The third-order valence-corrected chi connectivity index (χ3v) is 18.0. The van der Waals surface area contributed by atoms with Crippen molar-refractivity contribution < 1.29 is 115 Å². The Morgan fingerprint density at radius 1 is 0.484 bits per heavy atom. The fourth-order valence-electron chi connectivity index (χ4n) is 11.6. The minimum atomic E-state index is -0.0233. The van der Waals surface area contributed by atoms with E-state index in [-0.39, 0.29) is 125 Å². The van der Waals surface area contributed by atoms with E-state index in [0.717, 1.165) is 46.6 Å². The van der Waals surface area contributed by atoms with Crippen molar-refractivity contribution >= 4 is 80.5 Å². The number of nitrogens with zero attached hydrogens (tertiary/aromatic N) is 4. The van der Waals surface area contributed by atoms with E-state index in [0.29, 0.717) is 5.25 Å². The number of halogens is 3. The largest absolute Gasteiger partial charge is 0.304 e. The Hall–Kier alpha value is -4.87. The molecule has 3 unspecified atom stereocenters. The molecule has 2 aliphatic carbocycles. The van der Waals surface area contributed by atoms with E-state index in [2.05, 4.69) is 248 Å². The first-order chi connectivity index (χ1) is 41.6. The molecule has 0 saturated carbocycles. The molecule has 0 spiro atoms. The zero-order valence-corrected chi connectivity index (χ0v) is 67.5. The standard InChI is InChI=1S/C35H28N.C15H10N.C13H8NS.C13H10NS.3FH.5Ir.H5P3/c1-34(2)29-11-7-5-9-25(29)27-16-13-22(19-31(27)34)24-15-18-33(36-21-24)23-14-17-28-26-10-6-8-12-30(26)35(3,4)32(28)20-23;1-2-7-13(8-3-1)15-14-9-5-4-6-12(14)10-11-16-15;1-2-7-12-10(5-1)9-13(15-12)11-6-3-4-8-14-11;1-2-5-11-10(4-1)7-8-14-13(11)12-6-3-9-15-12;;;;;;;;;1-3-2/h5-13,15-21H,1-4H3;1-7,9-11H;1-8H;1-9,12H;3*1H;;;;;;3H,1-2H2/q4*-1;;;;;;;;;. The van der Waals surface area contributed by atoms with Gasteiger partial charge in [-0.2, -0.15) is 5.41 Å². The van der Waals surface area contributed by atoms with Crippen molar-refractivity contribution in [2.45, 2.75) is 43.8 Å². The molecule has 3 aliphatic rings. The molecule has 1 aliphatic heterocycles. The molecule has 0 fully saturated rings. The quantitative estimate of drug-likeness (QED) is 0.127. The SMILES string of the molecule is C1=CSC(c2nccc3ccccc23)[CH-]1.CC1(C)c2ccccc2-c2c[c-]c(-c3ccc(-c4ccc5c(c4)C(C)(C)c4ccccc4-5)cn3)cc21.F.F.F.PPP.[Ir].[Ir].[Ir].[Ir].[Ir].[c-]1c(-c2ccccn2)sc2ccccc12.[c-]1ccccc1-c1nccc2ccccc12. The second kappa shape index (κ2) is 37.0. The molecule has 4 nitrogen and oxygen atoms in total. The maximum atomic E-state index is 4.89. The van der Waals surface area contributed by atoms with E-state index in [1.165, 1.54) is 87.4 Å². The average Bonchev–Trinajstić information content (AvgIpc) is 1.60. The fraction of sp³-hybridized carbons (Fsp3) is 0.0921. The maximum Gasteiger partial charge on any atom is 0.0468 e. The number of hydrogen-bond acceptors (Lipinski definition) is 6. The van der Waals surface area contributed by atoms with Crippen molar-refractivity contribution in [3.05, 3.63) is 307 Å². The van der Waals surface area contributed by atoms with Gasteiger partial charge in [0.2, 0.25) is 0 Å². The van der Waals surface area contributed by atoms with Crippen LogP contribution in [0.3, 0.4) is 0 Å². The van der Waals surface area contributed by atoms with Gasteiger partial charge in [-0.05, 0) is 111 Å². The molecule has 0 saturated heterocycles. The molecule has 0 N–H and O–H groups in total. The van der Waals surface area contributed by atoms with Gasteiger partial charge < -0.3 is 15.0 Å². The van der Waals surface area contributed by atoms with Gasteiger partial charge in [-0.15, -0.1) is 107 Å². The van der Waals surface area contributed by atoms with Crippen molar-refractivity contribution in [3.8, 4) is 66.5 Å². The summed E-state index contributed by atoms with van der Waals surface area (Å²) < 4.78 is 1.26. The van der Waals surface area contributed by atoms with Crippen molar-refractivity contribution in [3.63, 3.8) is 0 Å². The van der Waals surface area contributed by atoms with Crippen LogP contribution in [0.15, 0.2) is 255 Å². The Bertz CT molecular complexity index is 4370. The molecule has 485 valence electrons. The summed E-state index contributed by atoms with van der Waals surface area (Å²) in [6.07, 6.45) is 11.8. The zero-order chi connectivity index (χ0) is 58.3. The molecule has 8 aromatic carbocycles. The smallest absolute Gasteiger partial charge is 0.0468 e. The van der Waals surface area contributed by atoms with Crippen LogP contribution in [-0.2, 0) is 111 Å². The molecule has 13 aromatic rings. The summed E-state index contributed by atoms with van der Waals surface area (Å²) in [5.74, 6) is 0. The molecule has 5 radical (unpaired) electrons. The number of hydrogen-bond donors (Lipinski definition) is 0. The van der Waals surface area contributed by atoms with Crippen LogP contribution >= 0.6 is 48.9 Å². The first kappa shape index (κ1) is 80.6. The van der Waals surface area contributed by atoms with E-state index in [1.54, 1.807) is 11.3 Å². The summed E-state index contributed by atoms with van der Waals surface area (Å²) in [7, 11) is 6.06. The first-order valence-corrected chi connectivity index (χ1v) is 34.6. The summed E-state index contributed by atoms with van der Waals surface area (Å²) in [6.45, 7) is 9.27. The van der Waals surface area contributed by atoms with Gasteiger partial charge in [0.05, 0.1) is 0 Å². The van der Waals surface area contributed by atoms with Gasteiger partial charge in [0.1, 0.15) is 0 Å².